The first-order chi connectivity index (χ1) is 15.0. The summed E-state index contributed by atoms with van der Waals surface area (Å²) < 4.78 is 2.38. The van der Waals surface area contributed by atoms with Crippen LogP contribution in [0.4, 0.5) is 0 Å². The molecular formula is C21H18ClN5O2S2. The summed E-state index contributed by atoms with van der Waals surface area (Å²) in [5.74, 6) is -0.298. The number of hydrogen-bond acceptors (Lipinski definition) is 6. The molecule has 4 aromatic rings. The molecule has 0 aliphatic carbocycles. The van der Waals surface area contributed by atoms with Gasteiger partial charge in [-0.15, -0.1) is 22.7 Å². The molecule has 0 bridgehead atoms. The minimum Gasteiger partial charge on any atom is -0.346 e. The van der Waals surface area contributed by atoms with Gasteiger partial charge >= 0.3 is 0 Å². The van der Waals surface area contributed by atoms with E-state index in [1.165, 1.54) is 22.7 Å². The van der Waals surface area contributed by atoms with Gasteiger partial charge < -0.3 is 10.2 Å². The van der Waals surface area contributed by atoms with E-state index in [1.807, 2.05) is 43.5 Å². The lowest BCUT2D eigenvalue weighted by molar-refractivity contribution is 0.0723. The maximum atomic E-state index is 13.0. The fraction of sp³-hybridized carbons (Fsp3) is 0.238. The van der Waals surface area contributed by atoms with Crippen LogP contribution in [0.2, 0.25) is 4.34 Å². The van der Waals surface area contributed by atoms with Crippen LogP contribution in [-0.2, 0) is 0 Å². The van der Waals surface area contributed by atoms with Gasteiger partial charge in [0.2, 0.25) is 0 Å². The molecular weight excluding hydrogens is 454 g/mol. The second kappa shape index (κ2) is 8.07. The highest BCUT2D eigenvalue weighted by Crippen LogP contribution is 2.33. The molecule has 1 saturated heterocycles. The van der Waals surface area contributed by atoms with Crippen molar-refractivity contribution in [1.29, 1.82) is 0 Å². The van der Waals surface area contributed by atoms with Crippen molar-refractivity contribution in [3.8, 4) is 9.88 Å². The zero-order chi connectivity index (χ0) is 21.5. The maximum Gasteiger partial charge on any atom is 0.274 e. The lowest BCUT2D eigenvalue weighted by atomic mass is 10.1. The Kier molecular flexibility index (Phi) is 5.25. The standard InChI is InChI=1S/C21H18ClN5O2S2/c1-12-14(24-19(28)17-11-23-20(31-17)16-5-6-18(22)30-16)7-9-26(12)21(29)15-10-13-4-2-3-8-27(13)25-15/h2-6,8,10-12,14H,7,9H2,1H3,(H,24,28)/t12-,14-/m1/s1. The molecule has 0 unspecified atom stereocenters. The number of thiazole rings is 1. The molecule has 0 saturated carbocycles. The molecule has 2 amide bonds. The predicted octanol–water partition coefficient (Wildman–Crippen LogP) is 4.21. The van der Waals surface area contributed by atoms with Crippen LogP contribution in [0.1, 0.15) is 33.5 Å². The van der Waals surface area contributed by atoms with Crippen molar-refractivity contribution in [1.82, 2.24) is 24.8 Å². The first-order valence-electron chi connectivity index (χ1n) is 9.77. The Labute approximate surface area is 191 Å². The SMILES string of the molecule is C[C@@H]1[C@H](NC(=O)c2cnc(-c3ccc(Cl)s3)s2)CCN1C(=O)c1cc2ccccn2n1. The Hall–Kier alpha value is -2.75. The van der Waals surface area contributed by atoms with E-state index in [0.717, 1.165) is 15.4 Å². The van der Waals surface area contributed by atoms with Gasteiger partial charge in [0.1, 0.15) is 9.88 Å². The molecule has 5 heterocycles. The quantitative estimate of drug-likeness (QED) is 0.483. The molecule has 2 atom stereocenters. The molecule has 0 aromatic carbocycles. The van der Waals surface area contributed by atoms with Gasteiger partial charge in [-0.2, -0.15) is 5.10 Å². The first-order valence-corrected chi connectivity index (χ1v) is 11.8. The number of hydrogen-bond donors (Lipinski definition) is 1. The minimum absolute atomic E-state index is 0.123. The van der Waals surface area contributed by atoms with E-state index in [9.17, 15) is 9.59 Å². The number of nitrogens with zero attached hydrogens (tertiary/aromatic N) is 4. The average molecular weight is 472 g/mol. The lowest BCUT2D eigenvalue weighted by Gasteiger charge is -2.24. The van der Waals surface area contributed by atoms with Crippen LogP contribution >= 0.6 is 34.3 Å². The molecule has 1 N–H and O–H groups in total. The Balaban J connectivity index is 1.26. The summed E-state index contributed by atoms with van der Waals surface area (Å²) >= 11 is 8.76. The van der Waals surface area contributed by atoms with Crippen LogP contribution in [0.5, 0.6) is 0 Å². The average Bonchev–Trinajstić information content (AvgIpc) is 3.54. The van der Waals surface area contributed by atoms with E-state index in [2.05, 4.69) is 15.4 Å². The summed E-state index contributed by atoms with van der Waals surface area (Å²) in [4.78, 5) is 33.4. The molecule has 31 heavy (non-hydrogen) atoms. The minimum atomic E-state index is -0.176. The van der Waals surface area contributed by atoms with E-state index < -0.39 is 0 Å². The number of aromatic nitrogens is 3. The molecule has 1 aliphatic rings. The number of thiophene rings is 1. The zero-order valence-electron chi connectivity index (χ0n) is 16.5. The summed E-state index contributed by atoms with van der Waals surface area (Å²) in [6, 6.07) is 10.9. The van der Waals surface area contributed by atoms with Gasteiger partial charge in [0.25, 0.3) is 11.8 Å². The third-order valence-electron chi connectivity index (χ3n) is 5.43. The summed E-state index contributed by atoms with van der Waals surface area (Å²) in [7, 11) is 0. The largest absolute Gasteiger partial charge is 0.346 e. The van der Waals surface area contributed by atoms with Crippen molar-refractivity contribution in [3.05, 3.63) is 63.7 Å². The molecule has 5 rings (SSSR count). The topological polar surface area (TPSA) is 79.6 Å². The maximum absolute atomic E-state index is 13.0. The molecule has 158 valence electrons. The van der Waals surface area contributed by atoms with Crippen molar-refractivity contribution in [2.75, 3.05) is 6.54 Å². The number of pyridine rings is 1. The van der Waals surface area contributed by atoms with Crippen LogP contribution in [0, 0.1) is 0 Å². The van der Waals surface area contributed by atoms with Gasteiger partial charge in [-0.1, -0.05) is 17.7 Å². The van der Waals surface area contributed by atoms with Gasteiger partial charge in [-0.3, -0.25) is 9.59 Å². The third-order valence-corrected chi connectivity index (χ3v) is 7.83. The number of likely N-dealkylation sites (tertiary alicyclic amines) is 1. The Morgan fingerprint density at radius 2 is 2.10 bits per heavy atom. The van der Waals surface area contributed by atoms with E-state index in [-0.39, 0.29) is 23.9 Å². The fourth-order valence-electron chi connectivity index (χ4n) is 3.77. The number of rotatable bonds is 4. The molecule has 1 fully saturated rings. The first kappa shape index (κ1) is 20.2. The number of halogens is 1. The van der Waals surface area contributed by atoms with Crippen LogP contribution in [-0.4, -0.2) is 49.9 Å². The highest BCUT2D eigenvalue weighted by Gasteiger charge is 2.36. The lowest BCUT2D eigenvalue weighted by Crippen LogP contribution is -2.45. The van der Waals surface area contributed by atoms with E-state index >= 15 is 0 Å². The van der Waals surface area contributed by atoms with E-state index in [0.29, 0.717) is 27.9 Å². The van der Waals surface area contributed by atoms with Gasteiger partial charge in [-0.05, 0) is 43.7 Å². The van der Waals surface area contributed by atoms with Gasteiger partial charge in [0, 0.05) is 18.8 Å². The van der Waals surface area contributed by atoms with Crippen LogP contribution in [0.15, 0.2) is 48.8 Å². The summed E-state index contributed by atoms with van der Waals surface area (Å²) in [5, 5.41) is 8.22. The smallest absolute Gasteiger partial charge is 0.274 e. The normalized spacial score (nSPS) is 18.6. The third kappa shape index (κ3) is 3.84. The monoisotopic (exact) mass is 471 g/mol. The summed E-state index contributed by atoms with van der Waals surface area (Å²) in [6.07, 6.45) is 4.09. The second-order valence-electron chi connectivity index (χ2n) is 7.34. The zero-order valence-corrected chi connectivity index (χ0v) is 18.9. The fourth-order valence-corrected chi connectivity index (χ4v) is 5.70. The van der Waals surface area contributed by atoms with Crippen LogP contribution < -0.4 is 5.32 Å². The number of carbonyl (C=O) groups is 2. The highest BCUT2D eigenvalue weighted by molar-refractivity contribution is 7.24. The van der Waals surface area contributed by atoms with Gasteiger partial charge in [0.05, 0.1) is 27.0 Å². The predicted molar refractivity (Wildman–Crippen MR) is 122 cm³/mol. The Bertz CT molecular complexity index is 1250. The number of nitrogens with one attached hydrogen (secondary N) is 1. The van der Waals surface area contributed by atoms with Crippen molar-refractivity contribution in [2.24, 2.45) is 0 Å². The molecule has 4 aromatic heterocycles. The van der Waals surface area contributed by atoms with Crippen molar-refractivity contribution < 1.29 is 9.59 Å². The molecule has 10 heteroatoms. The van der Waals surface area contributed by atoms with Crippen molar-refractivity contribution >= 4 is 51.6 Å². The second-order valence-corrected chi connectivity index (χ2v) is 10.1. The van der Waals surface area contributed by atoms with Crippen molar-refractivity contribution in [2.45, 2.75) is 25.4 Å². The molecule has 7 nitrogen and oxygen atoms in total. The Morgan fingerprint density at radius 3 is 2.87 bits per heavy atom. The Morgan fingerprint density at radius 1 is 1.23 bits per heavy atom. The molecule has 0 spiro atoms. The van der Waals surface area contributed by atoms with E-state index in [1.54, 1.807) is 21.7 Å². The number of carbonyl (C=O) groups excluding carboxylic acids is 2. The van der Waals surface area contributed by atoms with Crippen molar-refractivity contribution in [3.63, 3.8) is 0 Å². The van der Waals surface area contributed by atoms with Gasteiger partial charge in [-0.25, -0.2) is 9.50 Å². The summed E-state index contributed by atoms with van der Waals surface area (Å²) in [5.41, 5.74) is 1.28. The number of fused-ring (bicyclic) bond motifs is 1. The summed E-state index contributed by atoms with van der Waals surface area (Å²) in [6.45, 7) is 2.53. The number of amides is 2. The van der Waals surface area contributed by atoms with Gasteiger partial charge in [0.15, 0.2) is 5.69 Å². The van der Waals surface area contributed by atoms with E-state index in [4.69, 9.17) is 11.6 Å². The van der Waals surface area contributed by atoms with Crippen LogP contribution in [0.3, 0.4) is 0 Å². The molecule has 1 aliphatic heterocycles. The molecule has 0 radical (unpaired) electrons. The van der Waals surface area contributed by atoms with Crippen LogP contribution in [0.25, 0.3) is 15.4 Å². The highest BCUT2D eigenvalue weighted by atomic mass is 35.5.